The highest BCUT2D eigenvalue weighted by Crippen LogP contribution is 2.06. The molecule has 0 radical (unpaired) electrons. The van der Waals surface area contributed by atoms with E-state index in [9.17, 15) is 4.79 Å². The molecule has 0 aromatic heterocycles. The first-order valence-corrected chi connectivity index (χ1v) is 7.86. The smallest absolute Gasteiger partial charge is 0.409 e. The third kappa shape index (κ3) is 9.84. The van der Waals surface area contributed by atoms with Crippen molar-refractivity contribution in [1.29, 1.82) is 0 Å². The molecule has 18 heavy (non-hydrogen) atoms. The summed E-state index contributed by atoms with van der Waals surface area (Å²) >= 11 is 11.3. The summed E-state index contributed by atoms with van der Waals surface area (Å²) in [5.41, 5.74) is 0. The van der Waals surface area contributed by atoms with Crippen LogP contribution >= 0.6 is 23.2 Å². The van der Waals surface area contributed by atoms with Gasteiger partial charge in [-0.2, -0.15) is 0 Å². The Balaban J connectivity index is 3.88. The quantitative estimate of drug-likeness (QED) is 0.421. The molecule has 1 amide bonds. The van der Waals surface area contributed by atoms with Crippen LogP contribution in [0.15, 0.2) is 0 Å². The predicted octanol–water partition coefficient (Wildman–Crippen LogP) is 4.26. The van der Waals surface area contributed by atoms with Gasteiger partial charge < -0.3 is 9.64 Å². The minimum absolute atomic E-state index is 0.200. The van der Waals surface area contributed by atoms with Crippen molar-refractivity contribution in [3.05, 3.63) is 0 Å². The lowest BCUT2D eigenvalue weighted by Crippen LogP contribution is -2.33. The van der Waals surface area contributed by atoms with E-state index in [1.54, 1.807) is 4.90 Å². The molecule has 0 fully saturated rings. The average molecular weight is 298 g/mol. The van der Waals surface area contributed by atoms with Gasteiger partial charge in [-0.1, -0.05) is 12.8 Å². The number of amides is 1. The second kappa shape index (κ2) is 13.3. The molecule has 0 atom stereocenters. The Morgan fingerprint density at radius 1 is 0.944 bits per heavy atom. The minimum Gasteiger partial charge on any atom is -0.450 e. The van der Waals surface area contributed by atoms with E-state index in [1.165, 1.54) is 0 Å². The van der Waals surface area contributed by atoms with Gasteiger partial charge in [-0.15, -0.1) is 23.2 Å². The van der Waals surface area contributed by atoms with Crippen molar-refractivity contribution in [3.8, 4) is 0 Å². The summed E-state index contributed by atoms with van der Waals surface area (Å²) in [6, 6.07) is 0. The van der Waals surface area contributed by atoms with E-state index in [2.05, 4.69) is 0 Å². The molecular weight excluding hydrogens is 273 g/mol. The highest BCUT2D eigenvalue weighted by molar-refractivity contribution is 6.18. The molecule has 0 unspecified atom stereocenters. The monoisotopic (exact) mass is 297 g/mol. The minimum atomic E-state index is -0.200. The van der Waals surface area contributed by atoms with E-state index in [-0.39, 0.29) is 6.09 Å². The summed E-state index contributed by atoms with van der Waals surface area (Å²) in [7, 11) is 0. The molecule has 0 aliphatic heterocycles. The van der Waals surface area contributed by atoms with Gasteiger partial charge in [0.15, 0.2) is 0 Å². The molecule has 108 valence electrons. The molecule has 0 saturated heterocycles. The highest BCUT2D eigenvalue weighted by Gasteiger charge is 2.13. The zero-order valence-corrected chi connectivity index (χ0v) is 12.8. The van der Waals surface area contributed by atoms with Crippen LogP contribution in [0.5, 0.6) is 0 Å². The van der Waals surface area contributed by atoms with Gasteiger partial charge in [0.05, 0.1) is 6.61 Å². The van der Waals surface area contributed by atoms with Crippen molar-refractivity contribution in [3.63, 3.8) is 0 Å². The Morgan fingerprint density at radius 3 is 1.83 bits per heavy atom. The van der Waals surface area contributed by atoms with Crippen LogP contribution in [0, 0.1) is 0 Å². The molecular formula is C13H25Cl2NO2. The van der Waals surface area contributed by atoms with Crippen molar-refractivity contribution in [2.45, 2.75) is 45.4 Å². The number of unbranched alkanes of at least 4 members (excludes halogenated alkanes) is 4. The van der Waals surface area contributed by atoms with E-state index >= 15 is 0 Å². The van der Waals surface area contributed by atoms with Crippen LogP contribution in [0.25, 0.3) is 0 Å². The van der Waals surface area contributed by atoms with Crippen LogP contribution in [0.4, 0.5) is 4.79 Å². The number of hydrogen-bond acceptors (Lipinski definition) is 2. The maximum atomic E-state index is 11.7. The lowest BCUT2D eigenvalue weighted by molar-refractivity contribution is 0.106. The van der Waals surface area contributed by atoms with Gasteiger partial charge in [0.2, 0.25) is 0 Å². The molecule has 0 bridgehead atoms. The Kier molecular flexibility index (Phi) is 13.2. The number of halogens is 2. The molecule has 0 spiro atoms. The summed E-state index contributed by atoms with van der Waals surface area (Å²) < 4.78 is 5.05. The Bertz CT molecular complexity index is 191. The largest absolute Gasteiger partial charge is 0.450 e. The van der Waals surface area contributed by atoms with Crippen molar-refractivity contribution < 1.29 is 9.53 Å². The van der Waals surface area contributed by atoms with Crippen molar-refractivity contribution in [2.75, 3.05) is 31.5 Å². The van der Waals surface area contributed by atoms with Crippen molar-refractivity contribution in [2.24, 2.45) is 0 Å². The molecule has 0 heterocycles. The third-order valence-electron chi connectivity index (χ3n) is 2.65. The second-order valence-corrected chi connectivity index (χ2v) is 4.94. The molecule has 0 aromatic carbocycles. The first-order chi connectivity index (χ1) is 8.76. The van der Waals surface area contributed by atoms with Crippen LogP contribution < -0.4 is 0 Å². The summed E-state index contributed by atoms with van der Waals surface area (Å²) in [6.45, 7) is 3.78. The van der Waals surface area contributed by atoms with Crippen molar-refractivity contribution in [1.82, 2.24) is 4.90 Å². The average Bonchev–Trinajstić information content (AvgIpc) is 2.37. The SMILES string of the molecule is CCOC(=O)N(CCCCCCl)CCCCCCl. The number of rotatable bonds is 11. The van der Waals surface area contributed by atoms with Crippen LogP contribution in [-0.4, -0.2) is 42.4 Å². The Hall–Kier alpha value is -0.150. The lowest BCUT2D eigenvalue weighted by Gasteiger charge is -2.21. The number of carbonyl (C=O) groups is 1. The lowest BCUT2D eigenvalue weighted by atomic mass is 10.2. The first kappa shape index (κ1) is 17.8. The van der Waals surface area contributed by atoms with E-state index in [0.717, 1.165) is 51.6 Å². The summed E-state index contributed by atoms with van der Waals surface area (Å²) in [4.78, 5) is 13.5. The highest BCUT2D eigenvalue weighted by atomic mass is 35.5. The zero-order chi connectivity index (χ0) is 13.6. The maximum Gasteiger partial charge on any atom is 0.409 e. The fraction of sp³-hybridized carbons (Fsp3) is 0.923. The van der Waals surface area contributed by atoms with E-state index < -0.39 is 0 Å². The van der Waals surface area contributed by atoms with Crippen LogP contribution in [0.3, 0.4) is 0 Å². The number of ether oxygens (including phenoxy) is 1. The topological polar surface area (TPSA) is 29.5 Å². The van der Waals surface area contributed by atoms with Gasteiger partial charge in [-0.05, 0) is 32.6 Å². The van der Waals surface area contributed by atoms with E-state index in [0.29, 0.717) is 18.4 Å². The molecule has 0 aliphatic carbocycles. The van der Waals surface area contributed by atoms with Gasteiger partial charge >= 0.3 is 6.09 Å². The molecule has 0 N–H and O–H groups in total. The third-order valence-corrected chi connectivity index (χ3v) is 3.18. The maximum absolute atomic E-state index is 11.7. The molecule has 0 aliphatic rings. The van der Waals surface area contributed by atoms with Crippen LogP contribution in [0.2, 0.25) is 0 Å². The molecule has 3 nitrogen and oxygen atoms in total. The molecule has 0 rings (SSSR count). The predicted molar refractivity (Wildman–Crippen MR) is 77.7 cm³/mol. The van der Waals surface area contributed by atoms with Gasteiger partial charge in [0.1, 0.15) is 0 Å². The number of alkyl halides is 2. The number of hydrogen-bond donors (Lipinski definition) is 0. The van der Waals surface area contributed by atoms with Gasteiger partial charge in [-0.25, -0.2) is 4.79 Å². The van der Waals surface area contributed by atoms with Crippen LogP contribution in [0.1, 0.15) is 45.4 Å². The van der Waals surface area contributed by atoms with Crippen LogP contribution in [-0.2, 0) is 4.74 Å². The van der Waals surface area contributed by atoms with E-state index in [1.807, 2.05) is 6.92 Å². The standard InChI is InChI=1S/C13H25Cl2NO2/c1-2-18-13(17)16(11-7-3-5-9-14)12-8-4-6-10-15/h2-12H2,1H3. The fourth-order valence-corrected chi connectivity index (χ4v) is 2.03. The second-order valence-electron chi connectivity index (χ2n) is 4.19. The normalized spacial score (nSPS) is 10.4. The van der Waals surface area contributed by atoms with Gasteiger partial charge in [-0.3, -0.25) is 0 Å². The number of nitrogens with zero attached hydrogens (tertiary/aromatic N) is 1. The summed E-state index contributed by atoms with van der Waals surface area (Å²) in [5.74, 6) is 1.38. The molecule has 5 heteroatoms. The van der Waals surface area contributed by atoms with Gasteiger partial charge in [0, 0.05) is 24.8 Å². The zero-order valence-electron chi connectivity index (χ0n) is 11.3. The summed E-state index contributed by atoms with van der Waals surface area (Å²) in [6.07, 6.45) is 5.90. The Morgan fingerprint density at radius 2 is 1.44 bits per heavy atom. The number of carbonyl (C=O) groups excluding carboxylic acids is 1. The summed E-state index contributed by atoms with van der Waals surface area (Å²) in [5, 5.41) is 0. The van der Waals surface area contributed by atoms with Gasteiger partial charge in [0.25, 0.3) is 0 Å². The Labute approximate surface area is 121 Å². The molecule has 0 aromatic rings. The van der Waals surface area contributed by atoms with E-state index in [4.69, 9.17) is 27.9 Å². The molecule has 0 saturated carbocycles. The van der Waals surface area contributed by atoms with Crippen molar-refractivity contribution >= 4 is 29.3 Å². The first-order valence-electron chi connectivity index (χ1n) is 6.79. The fourth-order valence-electron chi connectivity index (χ4n) is 1.66.